The monoisotopic (exact) mass is 636 g/mol. The third kappa shape index (κ3) is 5.62. The molecule has 35 heavy (non-hydrogen) atoms. The number of benzene rings is 3. The second-order valence-electron chi connectivity index (χ2n) is 7.61. The van der Waals surface area contributed by atoms with Crippen molar-refractivity contribution < 1.29 is 19.1 Å². The van der Waals surface area contributed by atoms with E-state index in [9.17, 15) is 14.4 Å². The minimum atomic E-state index is -0.850. The number of nitrogens with zero attached hydrogens (tertiary/aromatic N) is 1. The average molecular weight is 639 g/mol. The topological polar surface area (TPSA) is 75.7 Å². The van der Waals surface area contributed by atoms with Gasteiger partial charge in [-0.05, 0) is 76.5 Å². The molecule has 1 N–H and O–H groups in total. The van der Waals surface area contributed by atoms with Gasteiger partial charge in [-0.3, -0.25) is 14.9 Å². The number of nitrogens with one attached hydrogen (secondary N) is 1. The van der Waals surface area contributed by atoms with E-state index in [1.54, 1.807) is 43.3 Å². The van der Waals surface area contributed by atoms with E-state index in [1.807, 2.05) is 12.1 Å². The highest BCUT2D eigenvalue weighted by molar-refractivity contribution is 9.11. The molecule has 3 aromatic rings. The molecule has 0 spiro atoms. The summed E-state index contributed by atoms with van der Waals surface area (Å²) in [5.41, 5.74) is 2.03. The van der Waals surface area contributed by atoms with Crippen molar-refractivity contribution in [3.05, 3.63) is 95.9 Å². The second-order valence-corrected chi connectivity index (χ2v) is 10.3. The Bertz CT molecular complexity index is 1390. The van der Waals surface area contributed by atoms with Crippen LogP contribution in [-0.4, -0.2) is 17.8 Å². The van der Waals surface area contributed by atoms with Crippen LogP contribution in [0.15, 0.2) is 69.1 Å². The molecule has 0 unspecified atom stereocenters. The third-order valence-electron chi connectivity index (χ3n) is 5.15. The molecule has 1 fully saturated rings. The molecular formula is C25H16Br2Cl2N2O4. The van der Waals surface area contributed by atoms with Crippen molar-refractivity contribution in [1.82, 2.24) is 5.32 Å². The quantitative estimate of drug-likeness (QED) is 0.240. The van der Waals surface area contributed by atoms with Gasteiger partial charge in [-0.25, -0.2) is 9.69 Å². The molecule has 10 heteroatoms. The van der Waals surface area contributed by atoms with Gasteiger partial charge in [0.25, 0.3) is 11.8 Å². The van der Waals surface area contributed by atoms with Gasteiger partial charge in [0.1, 0.15) is 17.9 Å². The van der Waals surface area contributed by atoms with Gasteiger partial charge in [-0.15, -0.1) is 0 Å². The molecule has 6 nitrogen and oxygen atoms in total. The summed E-state index contributed by atoms with van der Waals surface area (Å²) >= 11 is 19.0. The second kappa shape index (κ2) is 10.5. The molecule has 1 heterocycles. The molecule has 178 valence electrons. The average Bonchev–Trinajstić information content (AvgIpc) is 2.79. The molecule has 0 aromatic heterocycles. The highest BCUT2D eigenvalue weighted by atomic mass is 79.9. The van der Waals surface area contributed by atoms with Crippen LogP contribution in [0.3, 0.4) is 0 Å². The molecule has 0 bridgehead atoms. The third-order valence-corrected chi connectivity index (χ3v) is 6.68. The number of halogens is 4. The zero-order valence-electron chi connectivity index (χ0n) is 18.1. The van der Waals surface area contributed by atoms with Crippen molar-refractivity contribution in [2.75, 3.05) is 4.90 Å². The Balaban J connectivity index is 1.73. The van der Waals surface area contributed by atoms with Gasteiger partial charge in [0, 0.05) is 20.1 Å². The molecule has 0 radical (unpaired) electrons. The molecule has 4 amide bonds. The number of hydrogen-bond donors (Lipinski definition) is 1. The van der Waals surface area contributed by atoms with Crippen molar-refractivity contribution in [2.24, 2.45) is 0 Å². The number of aryl methyl sites for hydroxylation is 1. The van der Waals surface area contributed by atoms with E-state index < -0.39 is 17.8 Å². The number of urea groups is 1. The maximum absolute atomic E-state index is 13.4. The lowest BCUT2D eigenvalue weighted by Gasteiger charge is -2.27. The van der Waals surface area contributed by atoms with Crippen LogP contribution >= 0.6 is 55.1 Å². The fraction of sp³-hybridized carbons (Fsp3) is 0.0800. The van der Waals surface area contributed by atoms with E-state index in [1.165, 1.54) is 12.1 Å². The number of hydrogen-bond acceptors (Lipinski definition) is 4. The number of anilines is 1. The summed E-state index contributed by atoms with van der Waals surface area (Å²) in [5, 5.41) is 3.19. The summed E-state index contributed by atoms with van der Waals surface area (Å²) < 4.78 is 7.33. The summed E-state index contributed by atoms with van der Waals surface area (Å²) in [4.78, 5) is 39.5. The fourth-order valence-corrected chi connectivity index (χ4v) is 5.10. The first-order valence-corrected chi connectivity index (χ1v) is 12.5. The molecule has 0 saturated carbocycles. The van der Waals surface area contributed by atoms with Gasteiger partial charge in [0.2, 0.25) is 0 Å². The lowest BCUT2D eigenvalue weighted by molar-refractivity contribution is -0.122. The van der Waals surface area contributed by atoms with Gasteiger partial charge in [0.05, 0.1) is 10.2 Å². The van der Waals surface area contributed by atoms with E-state index in [0.717, 1.165) is 10.5 Å². The zero-order valence-corrected chi connectivity index (χ0v) is 22.8. The van der Waals surface area contributed by atoms with Gasteiger partial charge in [-0.1, -0.05) is 57.3 Å². The molecule has 4 rings (SSSR count). The van der Waals surface area contributed by atoms with E-state index >= 15 is 0 Å². The van der Waals surface area contributed by atoms with Crippen LogP contribution in [-0.2, 0) is 16.2 Å². The number of carbonyl (C=O) groups is 3. The van der Waals surface area contributed by atoms with Crippen LogP contribution in [0.25, 0.3) is 6.08 Å². The standard InChI is InChI=1S/C25H16Br2Cl2N2O4/c1-13-2-5-18(29)11-21(13)31-24(33)19(23(32)30-25(31)34)9-15-8-16(26)10-20(27)22(15)35-12-14-3-6-17(28)7-4-14/h2-11H,12H2,1H3,(H,30,32,34)/b19-9+. The van der Waals surface area contributed by atoms with Gasteiger partial charge in [-0.2, -0.15) is 0 Å². The Morgan fingerprint density at radius 2 is 1.66 bits per heavy atom. The normalized spacial score (nSPS) is 14.9. The van der Waals surface area contributed by atoms with Crippen LogP contribution in [0, 0.1) is 6.92 Å². The van der Waals surface area contributed by atoms with Crippen LogP contribution < -0.4 is 15.0 Å². The van der Waals surface area contributed by atoms with Crippen LogP contribution in [0.4, 0.5) is 10.5 Å². The molecule has 3 aromatic carbocycles. The van der Waals surface area contributed by atoms with E-state index in [0.29, 0.717) is 35.9 Å². The molecular weight excluding hydrogens is 623 g/mol. The first kappa shape index (κ1) is 25.4. The van der Waals surface area contributed by atoms with E-state index in [2.05, 4.69) is 37.2 Å². The van der Waals surface area contributed by atoms with Crippen molar-refractivity contribution >= 4 is 84.7 Å². The lowest BCUT2D eigenvalue weighted by atomic mass is 10.0. The summed E-state index contributed by atoms with van der Waals surface area (Å²) in [6.07, 6.45) is 1.39. The highest BCUT2D eigenvalue weighted by Crippen LogP contribution is 2.36. The SMILES string of the molecule is Cc1ccc(Cl)cc1N1C(=O)NC(=O)/C(=C\c2cc(Br)cc(Br)c2OCc2ccc(Cl)cc2)C1=O. The van der Waals surface area contributed by atoms with E-state index in [-0.39, 0.29) is 17.9 Å². The Morgan fingerprint density at radius 3 is 2.37 bits per heavy atom. The minimum absolute atomic E-state index is 0.222. The summed E-state index contributed by atoms with van der Waals surface area (Å²) in [5.74, 6) is -1.17. The van der Waals surface area contributed by atoms with Gasteiger partial charge < -0.3 is 4.74 Å². The largest absolute Gasteiger partial charge is 0.487 e. The maximum Gasteiger partial charge on any atom is 0.335 e. The number of ether oxygens (including phenoxy) is 1. The Morgan fingerprint density at radius 1 is 0.971 bits per heavy atom. The van der Waals surface area contributed by atoms with Gasteiger partial charge in [0.15, 0.2) is 0 Å². The number of carbonyl (C=O) groups excluding carboxylic acids is 3. The first-order valence-electron chi connectivity index (χ1n) is 10.2. The number of amides is 4. The number of rotatable bonds is 5. The predicted octanol–water partition coefficient (Wildman–Crippen LogP) is 7.07. The molecule has 0 atom stereocenters. The van der Waals surface area contributed by atoms with Crippen molar-refractivity contribution in [3.63, 3.8) is 0 Å². The van der Waals surface area contributed by atoms with E-state index in [4.69, 9.17) is 27.9 Å². The molecule has 1 saturated heterocycles. The van der Waals surface area contributed by atoms with Crippen LogP contribution in [0.5, 0.6) is 5.75 Å². The van der Waals surface area contributed by atoms with Crippen LogP contribution in [0.2, 0.25) is 10.0 Å². The molecule has 1 aliphatic rings. The molecule has 1 aliphatic heterocycles. The number of imide groups is 2. The van der Waals surface area contributed by atoms with Gasteiger partial charge >= 0.3 is 6.03 Å². The minimum Gasteiger partial charge on any atom is -0.487 e. The lowest BCUT2D eigenvalue weighted by Crippen LogP contribution is -2.54. The Hall–Kier alpha value is -2.65. The predicted molar refractivity (Wildman–Crippen MR) is 143 cm³/mol. The fourth-order valence-electron chi connectivity index (χ4n) is 3.43. The summed E-state index contributed by atoms with van der Waals surface area (Å²) in [7, 11) is 0. The Kier molecular flexibility index (Phi) is 7.66. The zero-order chi connectivity index (χ0) is 25.3. The summed E-state index contributed by atoms with van der Waals surface area (Å²) in [6.45, 7) is 1.96. The number of barbiturate groups is 1. The van der Waals surface area contributed by atoms with Crippen molar-refractivity contribution in [3.8, 4) is 5.75 Å². The molecule has 0 aliphatic carbocycles. The first-order chi connectivity index (χ1) is 16.6. The van der Waals surface area contributed by atoms with Crippen molar-refractivity contribution in [1.29, 1.82) is 0 Å². The highest BCUT2D eigenvalue weighted by Gasteiger charge is 2.37. The van der Waals surface area contributed by atoms with Crippen LogP contribution in [0.1, 0.15) is 16.7 Å². The maximum atomic E-state index is 13.4. The smallest absolute Gasteiger partial charge is 0.335 e. The summed E-state index contributed by atoms with van der Waals surface area (Å²) in [6, 6.07) is 14.7. The Labute approximate surface area is 228 Å². The van der Waals surface area contributed by atoms with Crippen molar-refractivity contribution in [2.45, 2.75) is 13.5 Å².